The Kier molecular flexibility index (Phi) is 4.51. The SMILES string of the molecule is C1=C[C@@H]2c3cc(CSc4ccccc4)ccc3N[C@H](c3ccccc3)[C@H]2C1. The van der Waals surface area contributed by atoms with E-state index < -0.39 is 0 Å². The van der Waals surface area contributed by atoms with Gasteiger partial charge in [-0.1, -0.05) is 72.8 Å². The molecule has 3 aromatic rings. The van der Waals surface area contributed by atoms with Gasteiger partial charge in [-0.25, -0.2) is 0 Å². The molecule has 0 saturated carbocycles. The summed E-state index contributed by atoms with van der Waals surface area (Å²) in [5.74, 6) is 2.14. The van der Waals surface area contributed by atoms with Crippen molar-refractivity contribution in [3.63, 3.8) is 0 Å². The Morgan fingerprint density at radius 2 is 1.67 bits per heavy atom. The van der Waals surface area contributed by atoms with Crippen molar-refractivity contribution in [1.29, 1.82) is 0 Å². The summed E-state index contributed by atoms with van der Waals surface area (Å²) in [5, 5.41) is 3.84. The Hall–Kier alpha value is -2.45. The van der Waals surface area contributed by atoms with Gasteiger partial charge in [0.15, 0.2) is 0 Å². The molecular weight excluding hydrogens is 346 g/mol. The van der Waals surface area contributed by atoms with Crippen LogP contribution in [-0.4, -0.2) is 0 Å². The second-order valence-corrected chi connectivity index (χ2v) is 8.46. The van der Waals surface area contributed by atoms with Gasteiger partial charge in [-0.15, -0.1) is 11.8 Å². The van der Waals surface area contributed by atoms with E-state index in [0.717, 1.165) is 12.2 Å². The van der Waals surface area contributed by atoms with Crippen molar-refractivity contribution in [3.8, 4) is 0 Å². The van der Waals surface area contributed by atoms with Crippen molar-refractivity contribution in [2.24, 2.45) is 5.92 Å². The zero-order valence-corrected chi connectivity index (χ0v) is 16.0. The number of allylic oxidation sites excluding steroid dienone is 2. The van der Waals surface area contributed by atoms with Gasteiger partial charge in [0.25, 0.3) is 0 Å². The molecule has 0 radical (unpaired) electrons. The topological polar surface area (TPSA) is 12.0 Å². The number of hydrogen-bond acceptors (Lipinski definition) is 2. The summed E-state index contributed by atoms with van der Waals surface area (Å²) < 4.78 is 0. The monoisotopic (exact) mass is 369 g/mol. The fourth-order valence-electron chi connectivity index (χ4n) is 4.41. The number of hydrogen-bond donors (Lipinski definition) is 1. The van der Waals surface area contributed by atoms with E-state index in [1.807, 2.05) is 11.8 Å². The largest absolute Gasteiger partial charge is 0.378 e. The third-order valence-electron chi connectivity index (χ3n) is 5.73. The Morgan fingerprint density at radius 1 is 0.889 bits per heavy atom. The van der Waals surface area contributed by atoms with Crippen LogP contribution >= 0.6 is 11.8 Å². The number of anilines is 1. The third-order valence-corrected chi connectivity index (χ3v) is 6.82. The number of benzene rings is 3. The number of thioether (sulfide) groups is 1. The van der Waals surface area contributed by atoms with E-state index in [1.54, 1.807) is 0 Å². The van der Waals surface area contributed by atoms with Gasteiger partial charge in [0.2, 0.25) is 0 Å². The van der Waals surface area contributed by atoms with Gasteiger partial charge in [0, 0.05) is 22.3 Å². The van der Waals surface area contributed by atoms with Crippen LogP contribution < -0.4 is 5.32 Å². The number of fused-ring (bicyclic) bond motifs is 3. The molecule has 1 nitrogen and oxygen atoms in total. The van der Waals surface area contributed by atoms with E-state index in [9.17, 15) is 0 Å². The van der Waals surface area contributed by atoms with Crippen LogP contribution in [0.2, 0.25) is 0 Å². The highest BCUT2D eigenvalue weighted by molar-refractivity contribution is 7.98. The van der Waals surface area contributed by atoms with Gasteiger partial charge in [0.1, 0.15) is 0 Å². The summed E-state index contributed by atoms with van der Waals surface area (Å²) in [6.07, 6.45) is 5.95. The summed E-state index contributed by atoms with van der Waals surface area (Å²) >= 11 is 1.91. The van der Waals surface area contributed by atoms with Crippen molar-refractivity contribution in [1.82, 2.24) is 0 Å². The second-order valence-electron chi connectivity index (χ2n) is 7.41. The van der Waals surface area contributed by atoms with E-state index >= 15 is 0 Å². The standard InChI is InChI=1S/C25H23NS/c1-3-8-19(9-4-1)25-22-13-7-12-21(22)23-16-18(14-15-24(23)26-25)17-27-20-10-5-2-6-11-20/h1-12,14-16,21-22,25-26H,13,17H2/t21-,22-,25+/m0/s1. The van der Waals surface area contributed by atoms with Crippen LogP contribution in [0, 0.1) is 5.92 Å². The Labute approximate surface area is 165 Å². The Bertz CT molecular complexity index is 949. The molecule has 0 bridgehead atoms. The fraction of sp³-hybridized carbons (Fsp3) is 0.200. The molecule has 0 aromatic heterocycles. The molecular formula is C25H23NS. The van der Waals surface area contributed by atoms with Crippen LogP contribution in [0.25, 0.3) is 0 Å². The maximum atomic E-state index is 3.84. The predicted molar refractivity (Wildman–Crippen MR) is 115 cm³/mol. The molecule has 2 heteroatoms. The number of nitrogens with one attached hydrogen (secondary N) is 1. The maximum absolute atomic E-state index is 3.84. The van der Waals surface area contributed by atoms with E-state index in [0.29, 0.717) is 17.9 Å². The van der Waals surface area contributed by atoms with Gasteiger partial charge < -0.3 is 5.32 Å². The first-order valence-corrected chi connectivity index (χ1v) is 10.7. The smallest absolute Gasteiger partial charge is 0.0553 e. The van der Waals surface area contributed by atoms with Crippen LogP contribution in [0.5, 0.6) is 0 Å². The summed E-state index contributed by atoms with van der Waals surface area (Å²) in [6.45, 7) is 0. The van der Waals surface area contributed by atoms with Crippen molar-refractivity contribution in [2.75, 3.05) is 5.32 Å². The predicted octanol–water partition coefficient (Wildman–Crippen LogP) is 6.81. The number of rotatable bonds is 4. The van der Waals surface area contributed by atoms with Crippen molar-refractivity contribution in [3.05, 3.63) is 108 Å². The summed E-state index contributed by atoms with van der Waals surface area (Å²) in [5.41, 5.74) is 5.56. The molecule has 0 saturated heterocycles. The van der Waals surface area contributed by atoms with E-state index in [-0.39, 0.29) is 0 Å². The molecule has 0 amide bonds. The quantitative estimate of drug-likeness (QED) is 0.401. The average Bonchev–Trinajstić information content (AvgIpc) is 3.23. The van der Waals surface area contributed by atoms with Crippen molar-refractivity contribution < 1.29 is 0 Å². The molecule has 1 aliphatic heterocycles. The first-order valence-electron chi connectivity index (χ1n) is 9.67. The highest BCUT2D eigenvalue weighted by Gasteiger charge is 2.37. The zero-order chi connectivity index (χ0) is 18.1. The molecule has 134 valence electrons. The minimum absolute atomic E-state index is 0.392. The molecule has 1 aliphatic carbocycles. The van der Waals surface area contributed by atoms with Crippen LogP contribution in [0.15, 0.2) is 95.9 Å². The molecule has 1 N–H and O–H groups in total. The van der Waals surface area contributed by atoms with Crippen LogP contribution in [0.4, 0.5) is 5.69 Å². The zero-order valence-electron chi connectivity index (χ0n) is 15.2. The van der Waals surface area contributed by atoms with Crippen molar-refractivity contribution in [2.45, 2.75) is 29.0 Å². The Morgan fingerprint density at radius 3 is 2.48 bits per heavy atom. The first-order chi connectivity index (χ1) is 13.4. The molecule has 0 spiro atoms. The van der Waals surface area contributed by atoms with E-state index in [4.69, 9.17) is 0 Å². The fourth-order valence-corrected chi connectivity index (χ4v) is 5.27. The van der Waals surface area contributed by atoms with Gasteiger partial charge in [-0.2, -0.15) is 0 Å². The maximum Gasteiger partial charge on any atom is 0.0553 e. The molecule has 0 fully saturated rings. The first kappa shape index (κ1) is 16.7. The third kappa shape index (κ3) is 3.30. The summed E-state index contributed by atoms with van der Waals surface area (Å²) in [6, 6.07) is 28.9. The van der Waals surface area contributed by atoms with Crippen LogP contribution in [-0.2, 0) is 5.75 Å². The highest BCUT2D eigenvalue weighted by Crippen LogP contribution is 2.50. The normalized spacial score (nSPS) is 22.7. The van der Waals surface area contributed by atoms with Crippen LogP contribution in [0.3, 0.4) is 0 Å². The minimum atomic E-state index is 0.392. The molecule has 3 atom stereocenters. The second kappa shape index (κ2) is 7.28. The van der Waals surface area contributed by atoms with Gasteiger partial charge in [0.05, 0.1) is 6.04 Å². The van der Waals surface area contributed by atoms with Gasteiger partial charge in [-0.05, 0) is 47.2 Å². The van der Waals surface area contributed by atoms with Gasteiger partial charge >= 0.3 is 0 Å². The van der Waals surface area contributed by atoms with Crippen LogP contribution in [0.1, 0.15) is 35.1 Å². The van der Waals surface area contributed by atoms with E-state index in [1.165, 1.54) is 27.3 Å². The minimum Gasteiger partial charge on any atom is -0.378 e. The highest BCUT2D eigenvalue weighted by atomic mass is 32.2. The molecule has 1 heterocycles. The lowest BCUT2D eigenvalue weighted by Crippen LogP contribution is -2.29. The van der Waals surface area contributed by atoms with Gasteiger partial charge in [-0.3, -0.25) is 0 Å². The molecule has 27 heavy (non-hydrogen) atoms. The molecule has 0 unspecified atom stereocenters. The van der Waals surface area contributed by atoms with E-state index in [2.05, 4.69) is 96.3 Å². The lowest BCUT2D eigenvalue weighted by atomic mass is 9.77. The lowest BCUT2D eigenvalue weighted by molar-refractivity contribution is 0.425. The molecule has 3 aromatic carbocycles. The average molecular weight is 370 g/mol. The summed E-state index contributed by atoms with van der Waals surface area (Å²) in [7, 11) is 0. The Balaban J connectivity index is 1.42. The molecule has 2 aliphatic rings. The summed E-state index contributed by atoms with van der Waals surface area (Å²) in [4.78, 5) is 1.33. The lowest BCUT2D eigenvalue weighted by Gasteiger charge is -2.37. The molecule has 5 rings (SSSR count). The van der Waals surface area contributed by atoms with Crippen molar-refractivity contribution >= 4 is 17.4 Å².